The summed E-state index contributed by atoms with van der Waals surface area (Å²) in [6.07, 6.45) is 3.09. The summed E-state index contributed by atoms with van der Waals surface area (Å²) in [6.45, 7) is 3.66. The third kappa shape index (κ3) is 3.79. The van der Waals surface area contributed by atoms with Gasteiger partial charge in [0.2, 0.25) is 0 Å². The number of hydrogen-bond donors (Lipinski definition) is 0. The average Bonchev–Trinajstić information content (AvgIpc) is 3.08. The molecule has 0 aliphatic carbocycles. The third-order valence-corrected chi connectivity index (χ3v) is 4.32. The van der Waals surface area contributed by atoms with Crippen LogP contribution in [0.25, 0.3) is 0 Å². The molecule has 3 heterocycles. The summed E-state index contributed by atoms with van der Waals surface area (Å²) in [4.78, 5) is 22.6. The lowest BCUT2D eigenvalue weighted by Crippen LogP contribution is -2.38. The number of rotatable bonds is 4. The number of aryl methyl sites for hydroxylation is 1. The molecule has 0 atom stereocenters. The minimum atomic E-state index is -0.343. The molecule has 8 heteroatoms. The van der Waals surface area contributed by atoms with Crippen LogP contribution in [0, 0.1) is 12.7 Å². The van der Waals surface area contributed by atoms with Crippen molar-refractivity contribution in [1.82, 2.24) is 24.6 Å². The van der Waals surface area contributed by atoms with Crippen molar-refractivity contribution in [1.29, 1.82) is 0 Å². The molecule has 1 amide bonds. The maximum Gasteiger partial charge on any atom is 0.274 e. The SMILES string of the molecule is Cc1cnc(C(=O)N2CCn3nc(COc4cccc(F)c4)cc3C2)cn1. The van der Waals surface area contributed by atoms with Crippen LogP contribution < -0.4 is 4.74 Å². The number of aromatic nitrogens is 4. The van der Waals surface area contributed by atoms with Gasteiger partial charge in [-0.25, -0.2) is 9.37 Å². The van der Waals surface area contributed by atoms with E-state index < -0.39 is 0 Å². The highest BCUT2D eigenvalue weighted by molar-refractivity contribution is 5.92. The Morgan fingerprint density at radius 2 is 2.11 bits per heavy atom. The van der Waals surface area contributed by atoms with Gasteiger partial charge in [-0.3, -0.25) is 14.5 Å². The fourth-order valence-electron chi connectivity index (χ4n) is 2.95. The molecular weight excluding hydrogens is 349 g/mol. The van der Waals surface area contributed by atoms with E-state index >= 15 is 0 Å². The van der Waals surface area contributed by atoms with E-state index in [1.807, 2.05) is 17.7 Å². The number of carbonyl (C=O) groups is 1. The lowest BCUT2D eigenvalue weighted by Gasteiger charge is -2.27. The number of amides is 1. The molecule has 1 aliphatic rings. The van der Waals surface area contributed by atoms with Gasteiger partial charge in [0, 0.05) is 18.8 Å². The topological polar surface area (TPSA) is 73.1 Å². The molecule has 0 saturated carbocycles. The molecule has 1 aliphatic heterocycles. The molecule has 3 aromatic rings. The van der Waals surface area contributed by atoms with Crippen LogP contribution in [0.1, 0.15) is 27.6 Å². The summed E-state index contributed by atoms with van der Waals surface area (Å²) < 4.78 is 20.7. The lowest BCUT2D eigenvalue weighted by atomic mass is 10.2. The third-order valence-electron chi connectivity index (χ3n) is 4.32. The summed E-state index contributed by atoms with van der Waals surface area (Å²) in [5.41, 5.74) is 2.76. The second kappa shape index (κ2) is 7.14. The van der Waals surface area contributed by atoms with Crippen molar-refractivity contribution in [2.24, 2.45) is 0 Å². The Bertz CT molecular complexity index is 970. The summed E-state index contributed by atoms with van der Waals surface area (Å²) in [7, 11) is 0. The van der Waals surface area contributed by atoms with Gasteiger partial charge in [0.1, 0.15) is 29.6 Å². The van der Waals surface area contributed by atoms with E-state index in [9.17, 15) is 9.18 Å². The fraction of sp³-hybridized carbons (Fsp3) is 0.263. The van der Waals surface area contributed by atoms with Gasteiger partial charge in [0.25, 0.3) is 5.91 Å². The van der Waals surface area contributed by atoms with E-state index in [0.29, 0.717) is 31.1 Å². The zero-order chi connectivity index (χ0) is 18.8. The number of nitrogens with zero attached hydrogens (tertiary/aromatic N) is 5. The number of fused-ring (bicyclic) bond motifs is 1. The first-order chi connectivity index (χ1) is 13.1. The molecular formula is C19H18FN5O2. The van der Waals surface area contributed by atoms with E-state index in [2.05, 4.69) is 15.1 Å². The standard InChI is InChI=1S/C19H18FN5O2/c1-13-9-22-18(10-21-13)19(26)24-5-6-25-16(11-24)8-15(23-25)12-27-17-4-2-3-14(20)7-17/h2-4,7-10H,5-6,11-12H2,1H3. The second-order valence-electron chi connectivity index (χ2n) is 6.37. The maximum absolute atomic E-state index is 13.2. The van der Waals surface area contributed by atoms with Crippen LogP contribution in [-0.4, -0.2) is 37.1 Å². The lowest BCUT2D eigenvalue weighted by molar-refractivity contribution is 0.0699. The number of ether oxygens (including phenoxy) is 1. The summed E-state index contributed by atoms with van der Waals surface area (Å²) in [5.74, 6) is -0.0340. The maximum atomic E-state index is 13.2. The summed E-state index contributed by atoms with van der Waals surface area (Å²) in [5, 5.41) is 4.50. The number of carbonyl (C=O) groups excluding carboxylic acids is 1. The molecule has 2 aromatic heterocycles. The first-order valence-electron chi connectivity index (χ1n) is 8.60. The van der Waals surface area contributed by atoms with Gasteiger partial charge in [-0.1, -0.05) is 6.07 Å². The largest absolute Gasteiger partial charge is 0.487 e. The molecule has 7 nitrogen and oxygen atoms in total. The van der Waals surface area contributed by atoms with Crippen LogP contribution in [0.3, 0.4) is 0 Å². The monoisotopic (exact) mass is 367 g/mol. The first-order valence-corrected chi connectivity index (χ1v) is 8.60. The van der Waals surface area contributed by atoms with Crippen molar-refractivity contribution in [3.8, 4) is 5.75 Å². The van der Waals surface area contributed by atoms with Gasteiger partial charge in [0.15, 0.2) is 0 Å². The van der Waals surface area contributed by atoms with Crippen LogP contribution in [0.5, 0.6) is 5.75 Å². The summed E-state index contributed by atoms with van der Waals surface area (Å²) in [6, 6.07) is 7.90. The molecule has 0 bridgehead atoms. The zero-order valence-corrected chi connectivity index (χ0v) is 14.8. The minimum Gasteiger partial charge on any atom is -0.487 e. The smallest absolute Gasteiger partial charge is 0.274 e. The number of hydrogen-bond acceptors (Lipinski definition) is 5. The quantitative estimate of drug-likeness (QED) is 0.708. The van der Waals surface area contributed by atoms with Gasteiger partial charge in [-0.05, 0) is 25.1 Å². The Labute approximate surface area is 155 Å². The van der Waals surface area contributed by atoms with E-state index in [1.54, 1.807) is 23.2 Å². The molecule has 0 N–H and O–H groups in total. The molecule has 0 unspecified atom stereocenters. The van der Waals surface area contributed by atoms with Crippen molar-refractivity contribution in [2.75, 3.05) is 6.54 Å². The van der Waals surface area contributed by atoms with Crippen LogP contribution in [0.15, 0.2) is 42.7 Å². The number of halogens is 1. The Hall–Kier alpha value is -3.29. The minimum absolute atomic E-state index is 0.146. The Morgan fingerprint density at radius 1 is 1.22 bits per heavy atom. The van der Waals surface area contributed by atoms with E-state index in [1.165, 1.54) is 18.3 Å². The van der Waals surface area contributed by atoms with Crippen LogP contribution >= 0.6 is 0 Å². The Balaban J connectivity index is 1.42. The predicted molar refractivity (Wildman–Crippen MR) is 94.5 cm³/mol. The van der Waals surface area contributed by atoms with Crippen LogP contribution in [-0.2, 0) is 19.7 Å². The van der Waals surface area contributed by atoms with Gasteiger partial charge >= 0.3 is 0 Å². The van der Waals surface area contributed by atoms with Crippen LogP contribution in [0.2, 0.25) is 0 Å². The molecule has 27 heavy (non-hydrogen) atoms. The van der Waals surface area contributed by atoms with E-state index in [0.717, 1.165) is 17.1 Å². The van der Waals surface area contributed by atoms with Crippen molar-refractivity contribution in [3.05, 3.63) is 71.3 Å². The van der Waals surface area contributed by atoms with Gasteiger partial charge in [-0.2, -0.15) is 5.10 Å². The van der Waals surface area contributed by atoms with E-state index in [-0.39, 0.29) is 18.3 Å². The first kappa shape index (κ1) is 17.1. The zero-order valence-electron chi connectivity index (χ0n) is 14.8. The Kier molecular flexibility index (Phi) is 4.53. The summed E-state index contributed by atoms with van der Waals surface area (Å²) >= 11 is 0. The van der Waals surface area contributed by atoms with Crippen molar-refractivity contribution < 1.29 is 13.9 Å². The molecule has 1 aromatic carbocycles. The normalized spacial score (nSPS) is 13.3. The Morgan fingerprint density at radius 3 is 2.89 bits per heavy atom. The second-order valence-corrected chi connectivity index (χ2v) is 6.37. The number of benzene rings is 1. The van der Waals surface area contributed by atoms with Crippen molar-refractivity contribution >= 4 is 5.91 Å². The highest BCUT2D eigenvalue weighted by Crippen LogP contribution is 2.18. The molecule has 0 saturated heterocycles. The van der Waals surface area contributed by atoms with Gasteiger partial charge in [0.05, 0.1) is 30.7 Å². The van der Waals surface area contributed by atoms with Gasteiger partial charge in [-0.15, -0.1) is 0 Å². The van der Waals surface area contributed by atoms with Crippen molar-refractivity contribution in [3.63, 3.8) is 0 Å². The molecule has 4 rings (SSSR count). The average molecular weight is 367 g/mol. The fourth-order valence-corrected chi connectivity index (χ4v) is 2.95. The predicted octanol–water partition coefficient (Wildman–Crippen LogP) is 2.36. The molecule has 0 radical (unpaired) electrons. The highest BCUT2D eigenvalue weighted by atomic mass is 19.1. The van der Waals surface area contributed by atoms with E-state index in [4.69, 9.17) is 4.74 Å². The molecule has 0 spiro atoms. The van der Waals surface area contributed by atoms with Crippen LogP contribution in [0.4, 0.5) is 4.39 Å². The highest BCUT2D eigenvalue weighted by Gasteiger charge is 2.24. The van der Waals surface area contributed by atoms with Crippen molar-refractivity contribution in [2.45, 2.75) is 26.6 Å². The molecule has 0 fully saturated rings. The molecule has 138 valence electrons. The van der Waals surface area contributed by atoms with Gasteiger partial charge < -0.3 is 9.64 Å².